The average Bonchev–Trinajstić information content (AvgIpc) is 3.43. The highest BCUT2D eigenvalue weighted by molar-refractivity contribution is 6.27. The van der Waals surface area contributed by atoms with Crippen LogP contribution in [0.25, 0.3) is 87.8 Å². The summed E-state index contributed by atoms with van der Waals surface area (Å²) in [6.45, 7) is 0. The van der Waals surface area contributed by atoms with E-state index in [0.717, 1.165) is 77.0 Å². The number of benzene rings is 6. The second-order valence-corrected chi connectivity index (χ2v) is 10.5. The summed E-state index contributed by atoms with van der Waals surface area (Å²) >= 11 is 0. The molecule has 9 aromatic rings. The zero-order valence-corrected chi connectivity index (χ0v) is 22.0. The number of hydrogen-bond donors (Lipinski definition) is 0. The van der Waals surface area contributed by atoms with Crippen LogP contribution in [0.1, 0.15) is 0 Å². The van der Waals surface area contributed by atoms with E-state index in [1.807, 2.05) is 18.2 Å². The fraction of sp³-hybridized carbons (Fsp3) is 0. The van der Waals surface area contributed by atoms with Gasteiger partial charge in [0.25, 0.3) is 0 Å². The smallest absolute Gasteiger partial charge is 0.136 e. The van der Waals surface area contributed by atoms with Crippen molar-refractivity contribution in [3.05, 3.63) is 133 Å². The molecule has 41 heavy (non-hydrogen) atoms. The molecule has 0 saturated heterocycles. The fourth-order valence-electron chi connectivity index (χ4n) is 6.39. The molecule has 0 aliphatic carbocycles. The van der Waals surface area contributed by atoms with E-state index >= 15 is 0 Å². The van der Waals surface area contributed by atoms with Crippen LogP contribution in [0.4, 0.5) is 0 Å². The fourth-order valence-corrected chi connectivity index (χ4v) is 6.39. The number of hydrogen-bond acceptors (Lipinski definition) is 3. The molecule has 0 saturated carbocycles. The van der Waals surface area contributed by atoms with E-state index in [9.17, 15) is 0 Å². The number of para-hydroxylation sites is 2. The molecule has 9 rings (SSSR count). The third-order valence-corrected chi connectivity index (χ3v) is 8.23. The molecule has 0 radical (unpaired) electrons. The minimum atomic E-state index is 0.869. The molecule has 0 aliphatic heterocycles. The lowest BCUT2D eigenvalue weighted by molar-refractivity contribution is 0.669. The second-order valence-electron chi connectivity index (χ2n) is 10.5. The SMILES string of the molecule is c1ccc(-c2nc3cc(-c4nc5ccccc5c5ccc6oc7ccccc7c6c45)ccc3c3ccccc23)cc1. The molecule has 0 aliphatic rings. The van der Waals surface area contributed by atoms with Gasteiger partial charge in [0, 0.05) is 43.4 Å². The van der Waals surface area contributed by atoms with Crippen molar-refractivity contribution in [2.24, 2.45) is 0 Å². The number of fused-ring (bicyclic) bond motifs is 10. The van der Waals surface area contributed by atoms with Crippen molar-refractivity contribution < 1.29 is 4.42 Å². The van der Waals surface area contributed by atoms with Gasteiger partial charge in [0.1, 0.15) is 11.2 Å². The van der Waals surface area contributed by atoms with E-state index in [4.69, 9.17) is 14.4 Å². The van der Waals surface area contributed by atoms with Gasteiger partial charge in [-0.05, 0) is 41.1 Å². The minimum absolute atomic E-state index is 0.869. The lowest BCUT2D eigenvalue weighted by Gasteiger charge is -2.14. The molecule has 0 N–H and O–H groups in total. The van der Waals surface area contributed by atoms with E-state index in [-0.39, 0.29) is 0 Å². The Morgan fingerprint density at radius 2 is 1.02 bits per heavy atom. The van der Waals surface area contributed by atoms with Gasteiger partial charge < -0.3 is 4.42 Å². The Labute approximate surface area is 235 Å². The molecule has 0 unspecified atom stereocenters. The maximum absolute atomic E-state index is 6.31. The summed E-state index contributed by atoms with van der Waals surface area (Å²) in [7, 11) is 0. The van der Waals surface area contributed by atoms with Crippen molar-refractivity contribution in [3.63, 3.8) is 0 Å². The summed E-state index contributed by atoms with van der Waals surface area (Å²) in [4.78, 5) is 10.5. The van der Waals surface area contributed by atoms with Crippen LogP contribution >= 0.6 is 0 Å². The Kier molecular flexibility index (Phi) is 4.61. The lowest BCUT2D eigenvalue weighted by Crippen LogP contribution is -1.93. The van der Waals surface area contributed by atoms with Gasteiger partial charge >= 0.3 is 0 Å². The monoisotopic (exact) mass is 522 g/mol. The third-order valence-electron chi connectivity index (χ3n) is 8.23. The molecule has 0 amide bonds. The Morgan fingerprint density at radius 1 is 0.366 bits per heavy atom. The van der Waals surface area contributed by atoms with Crippen molar-refractivity contribution in [2.75, 3.05) is 0 Å². The Morgan fingerprint density at radius 3 is 1.90 bits per heavy atom. The minimum Gasteiger partial charge on any atom is -0.456 e. The molecule has 6 aromatic carbocycles. The summed E-state index contributed by atoms with van der Waals surface area (Å²) < 4.78 is 6.31. The zero-order chi connectivity index (χ0) is 26.9. The van der Waals surface area contributed by atoms with Gasteiger partial charge in [0.2, 0.25) is 0 Å². The summed E-state index contributed by atoms with van der Waals surface area (Å²) in [5.41, 5.74) is 7.75. The summed E-state index contributed by atoms with van der Waals surface area (Å²) in [6, 6.07) is 46.5. The highest BCUT2D eigenvalue weighted by Crippen LogP contribution is 2.42. The van der Waals surface area contributed by atoms with Crippen molar-refractivity contribution in [1.82, 2.24) is 9.97 Å². The molecule has 3 nitrogen and oxygen atoms in total. The van der Waals surface area contributed by atoms with Crippen LogP contribution in [0.3, 0.4) is 0 Å². The first kappa shape index (κ1) is 22.3. The van der Waals surface area contributed by atoms with E-state index in [2.05, 4.69) is 115 Å². The molecule has 0 bridgehead atoms. The maximum atomic E-state index is 6.31. The lowest BCUT2D eigenvalue weighted by atomic mass is 9.94. The van der Waals surface area contributed by atoms with Crippen molar-refractivity contribution in [3.8, 4) is 22.5 Å². The van der Waals surface area contributed by atoms with Gasteiger partial charge in [0.05, 0.1) is 22.4 Å². The summed E-state index contributed by atoms with van der Waals surface area (Å²) in [5.74, 6) is 0. The Balaban J connectivity index is 1.42. The molecule has 3 heterocycles. The molecule has 3 aromatic heterocycles. The van der Waals surface area contributed by atoms with Crippen LogP contribution in [0.2, 0.25) is 0 Å². The number of rotatable bonds is 2. The molecular formula is C38H22N2O. The predicted molar refractivity (Wildman–Crippen MR) is 170 cm³/mol. The van der Waals surface area contributed by atoms with E-state index in [1.54, 1.807) is 0 Å². The second kappa shape index (κ2) is 8.48. The van der Waals surface area contributed by atoms with Crippen LogP contribution < -0.4 is 0 Å². The van der Waals surface area contributed by atoms with Crippen LogP contribution in [0.5, 0.6) is 0 Å². The number of nitrogens with zero attached hydrogens (tertiary/aromatic N) is 2. The van der Waals surface area contributed by atoms with Gasteiger partial charge in [-0.1, -0.05) is 103 Å². The van der Waals surface area contributed by atoms with Gasteiger partial charge in [-0.25, -0.2) is 9.97 Å². The highest BCUT2D eigenvalue weighted by atomic mass is 16.3. The van der Waals surface area contributed by atoms with Crippen molar-refractivity contribution in [1.29, 1.82) is 0 Å². The largest absolute Gasteiger partial charge is 0.456 e. The topological polar surface area (TPSA) is 38.9 Å². The number of pyridine rings is 2. The van der Waals surface area contributed by atoms with E-state index in [1.165, 1.54) is 10.8 Å². The number of aromatic nitrogens is 2. The third kappa shape index (κ3) is 3.26. The molecule has 0 atom stereocenters. The molecule has 0 spiro atoms. The maximum Gasteiger partial charge on any atom is 0.136 e. The van der Waals surface area contributed by atoms with Crippen LogP contribution in [-0.2, 0) is 0 Å². The summed E-state index contributed by atoms with van der Waals surface area (Å²) in [6.07, 6.45) is 0. The molecule has 190 valence electrons. The van der Waals surface area contributed by atoms with Crippen LogP contribution in [0, 0.1) is 0 Å². The first-order valence-electron chi connectivity index (χ1n) is 13.8. The normalized spacial score (nSPS) is 11.9. The quantitative estimate of drug-likeness (QED) is 0.212. The molecule has 3 heteroatoms. The van der Waals surface area contributed by atoms with Gasteiger partial charge in [-0.15, -0.1) is 0 Å². The Hall–Kier alpha value is -5.54. The zero-order valence-electron chi connectivity index (χ0n) is 22.0. The highest BCUT2D eigenvalue weighted by Gasteiger charge is 2.19. The van der Waals surface area contributed by atoms with Gasteiger partial charge in [-0.2, -0.15) is 0 Å². The first-order valence-corrected chi connectivity index (χ1v) is 13.8. The van der Waals surface area contributed by atoms with E-state index < -0.39 is 0 Å². The first-order chi connectivity index (χ1) is 20.3. The van der Waals surface area contributed by atoms with Crippen molar-refractivity contribution in [2.45, 2.75) is 0 Å². The summed E-state index contributed by atoms with van der Waals surface area (Å²) in [5, 5.41) is 9.09. The molecular weight excluding hydrogens is 500 g/mol. The van der Waals surface area contributed by atoms with Gasteiger partial charge in [0.15, 0.2) is 0 Å². The van der Waals surface area contributed by atoms with Gasteiger partial charge in [-0.3, -0.25) is 0 Å². The van der Waals surface area contributed by atoms with E-state index in [0.29, 0.717) is 0 Å². The van der Waals surface area contributed by atoms with Crippen LogP contribution in [0.15, 0.2) is 138 Å². The Bertz CT molecular complexity index is 2470. The molecule has 0 fully saturated rings. The average molecular weight is 523 g/mol. The standard InChI is InChI=1S/C38H22N2O/c1-2-10-23(11-3-1)37-29-14-5-4-12-25(29)27-19-18-24(22-32(27)40-37)38-36-28(26-13-6-8-16-31(26)39-38)20-21-34-35(36)30-15-7-9-17-33(30)41-34/h1-22H. The number of furan rings is 1. The van der Waals surface area contributed by atoms with Crippen molar-refractivity contribution >= 4 is 65.3 Å². The van der Waals surface area contributed by atoms with Crippen LogP contribution in [-0.4, -0.2) is 9.97 Å². The predicted octanol–water partition coefficient (Wildman–Crippen LogP) is 10.3.